The van der Waals surface area contributed by atoms with Crippen LogP contribution in [0.1, 0.15) is 41.8 Å². The van der Waals surface area contributed by atoms with Crippen LogP contribution in [0, 0.1) is 0 Å². The lowest BCUT2D eigenvalue weighted by atomic mass is 9.96. The number of amides is 1. The molecule has 0 spiro atoms. The van der Waals surface area contributed by atoms with Crippen LogP contribution in [0.4, 0.5) is 0 Å². The minimum Gasteiger partial charge on any atom is -0.361 e. The second-order valence-corrected chi connectivity index (χ2v) is 8.61. The number of carbonyl (C=O) groups is 1. The fourth-order valence-corrected chi connectivity index (χ4v) is 4.63. The third kappa shape index (κ3) is 4.48. The van der Waals surface area contributed by atoms with Crippen molar-refractivity contribution in [3.63, 3.8) is 0 Å². The number of benzene rings is 2. The molecule has 3 atom stereocenters. The van der Waals surface area contributed by atoms with Crippen molar-refractivity contribution in [2.45, 2.75) is 31.8 Å². The minimum atomic E-state index is -0.288. The summed E-state index contributed by atoms with van der Waals surface area (Å²) >= 11 is 1.75. The highest BCUT2D eigenvalue weighted by Gasteiger charge is 2.22. The van der Waals surface area contributed by atoms with Gasteiger partial charge < -0.3 is 15.6 Å². The predicted octanol–water partition coefficient (Wildman–Crippen LogP) is 5.22. The number of fused-ring (bicyclic) bond motifs is 1. The molecule has 4 aromatic rings. The lowest BCUT2D eigenvalue weighted by molar-refractivity contribution is -0.123. The maximum Gasteiger partial charge on any atom is 0.237 e. The van der Waals surface area contributed by atoms with Crippen LogP contribution < -0.4 is 10.6 Å². The molecule has 4 nitrogen and oxygen atoms in total. The van der Waals surface area contributed by atoms with Gasteiger partial charge in [-0.1, -0.05) is 54.6 Å². The summed E-state index contributed by atoms with van der Waals surface area (Å²) in [4.78, 5) is 17.4. The number of hydrogen-bond donors (Lipinski definition) is 3. The molecule has 1 amide bonds. The zero-order valence-corrected chi connectivity index (χ0v) is 18.1. The average molecular weight is 418 g/mol. The van der Waals surface area contributed by atoms with Gasteiger partial charge in [-0.25, -0.2) is 0 Å². The van der Waals surface area contributed by atoms with E-state index in [9.17, 15) is 4.79 Å². The first-order chi connectivity index (χ1) is 14.6. The number of thiophene rings is 1. The Hall–Kier alpha value is -2.89. The van der Waals surface area contributed by atoms with Crippen molar-refractivity contribution in [1.82, 2.24) is 15.6 Å². The van der Waals surface area contributed by atoms with Crippen LogP contribution in [0.15, 0.2) is 78.3 Å². The summed E-state index contributed by atoms with van der Waals surface area (Å²) in [6.45, 7) is 4.63. The first-order valence-electron chi connectivity index (χ1n) is 10.3. The maximum atomic E-state index is 12.7. The highest BCUT2D eigenvalue weighted by Crippen LogP contribution is 2.32. The molecule has 2 heterocycles. The summed E-state index contributed by atoms with van der Waals surface area (Å²) in [5.74, 6) is 0.193. The van der Waals surface area contributed by atoms with Crippen molar-refractivity contribution in [3.8, 4) is 0 Å². The summed E-state index contributed by atoms with van der Waals surface area (Å²) in [5.41, 5.74) is 3.50. The smallest absolute Gasteiger partial charge is 0.237 e. The Morgan fingerprint density at radius 3 is 2.53 bits per heavy atom. The Labute approximate surface area is 181 Å². The molecule has 0 aliphatic heterocycles. The van der Waals surface area contributed by atoms with Gasteiger partial charge in [-0.05, 0) is 42.5 Å². The number of rotatable bonds is 8. The molecule has 0 radical (unpaired) electrons. The quantitative estimate of drug-likeness (QED) is 0.368. The zero-order valence-electron chi connectivity index (χ0n) is 17.3. The normalized spacial score (nSPS) is 14.3. The van der Waals surface area contributed by atoms with Crippen LogP contribution in [0.5, 0.6) is 0 Å². The largest absolute Gasteiger partial charge is 0.361 e. The Morgan fingerprint density at radius 2 is 1.77 bits per heavy atom. The van der Waals surface area contributed by atoms with E-state index < -0.39 is 0 Å². The van der Waals surface area contributed by atoms with E-state index in [0.717, 1.165) is 11.1 Å². The van der Waals surface area contributed by atoms with Gasteiger partial charge in [0.2, 0.25) is 5.91 Å². The Balaban J connectivity index is 1.46. The van der Waals surface area contributed by atoms with Gasteiger partial charge in [0.1, 0.15) is 0 Å². The molecular weight excluding hydrogens is 390 g/mol. The van der Waals surface area contributed by atoms with Crippen molar-refractivity contribution in [1.29, 1.82) is 0 Å². The SMILES string of the molecule is C[C@H](NC[C@@H](c1cccs1)c1c[nH]c2ccccc12)C(=O)N[C@H](C)c1ccccc1. The van der Waals surface area contributed by atoms with E-state index in [0.29, 0.717) is 6.54 Å². The highest BCUT2D eigenvalue weighted by molar-refractivity contribution is 7.10. The Bertz CT molecular complexity index is 1090. The summed E-state index contributed by atoms with van der Waals surface area (Å²) in [6.07, 6.45) is 2.10. The van der Waals surface area contributed by atoms with Gasteiger partial charge in [0.15, 0.2) is 0 Å². The van der Waals surface area contributed by atoms with Gasteiger partial charge in [-0.15, -0.1) is 11.3 Å². The molecular formula is C25H27N3OS. The second-order valence-electron chi connectivity index (χ2n) is 7.63. The summed E-state index contributed by atoms with van der Waals surface area (Å²) in [7, 11) is 0. The van der Waals surface area contributed by atoms with Crippen molar-refractivity contribution >= 4 is 28.1 Å². The van der Waals surface area contributed by atoms with Crippen molar-refractivity contribution in [2.75, 3.05) is 6.54 Å². The first kappa shape index (κ1) is 20.4. The molecule has 0 saturated heterocycles. The van der Waals surface area contributed by atoms with Crippen LogP contribution in [-0.2, 0) is 4.79 Å². The molecule has 0 unspecified atom stereocenters. The van der Waals surface area contributed by atoms with E-state index in [1.807, 2.05) is 50.2 Å². The summed E-state index contributed by atoms with van der Waals surface area (Å²) in [6, 6.07) is 22.3. The number of hydrogen-bond acceptors (Lipinski definition) is 3. The van der Waals surface area contributed by atoms with Crippen molar-refractivity contribution < 1.29 is 4.79 Å². The van der Waals surface area contributed by atoms with E-state index >= 15 is 0 Å². The van der Waals surface area contributed by atoms with Crippen LogP contribution in [0.25, 0.3) is 10.9 Å². The molecule has 0 saturated carbocycles. The molecule has 154 valence electrons. The number of para-hydroxylation sites is 1. The zero-order chi connectivity index (χ0) is 20.9. The molecule has 0 aliphatic carbocycles. The second kappa shape index (κ2) is 9.28. The maximum absolute atomic E-state index is 12.7. The fourth-order valence-electron chi connectivity index (χ4n) is 3.79. The molecule has 0 bridgehead atoms. The van der Waals surface area contributed by atoms with Crippen LogP contribution in [0.2, 0.25) is 0 Å². The van der Waals surface area contributed by atoms with Gasteiger partial charge in [0.25, 0.3) is 0 Å². The van der Waals surface area contributed by atoms with E-state index in [1.54, 1.807) is 11.3 Å². The molecule has 0 aliphatic rings. The predicted molar refractivity (Wildman–Crippen MR) is 125 cm³/mol. The topological polar surface area (TPSA) is 56.9 Å². The average Bonchev–Trinajstić information content (AvgIpc) is 3.45. The lowest BCUT2D eigenvalue weighted by Crippen LogP contribution is -2.44. The number of aromatic nitrogens is 1. The lowest BCUT2D eigenvalue weighted by Gasteiger charge is -2.22. The standard InChI is InChI=1S/C25H27N3OS/c1-17(19-9-4-3-5-10-19)28-25(29)18(2)26-16-22(24-13-8-14-30-24)21-15-27-23-12-7-6-11-20(21)23/h3-15,17-18,22,26-27H,16H2,1-2H3,(H,28,29)/t17-,18+,22-/m1/s1. The molecule has 0 fully saturated rings. The molecule has 2 aromatic heterocycles. The first-order valence-corrected chi connectivity index (χ1v) is 11.2. The Kier molecular flexibility index (Phi) is 6.31. The molecule has 3 N–H and O–H groups in total. The minimum absolute atomic E-state index is 0.00945. The summed E-state index contributed by atoms with van der Waals surface area (Å²) < 4.78 is 0. The molecule has 5 heteroatoms. The number of aromatic amines is 1. The van der Waals surface area contributed by atoms with Crippen molar-refractivity contribution in [3.05, 3.63) is 94.3 Å². The molecule has 2 aromatic carbocycles. The van der Waals surface area contributed by atoms with Crippen molar-refractivity contribution in [2.24, 2.45) is 0 Å². The summed E-state index contributed by atoms with van der Waals surface area (Å²) in [5, 5.41) is 9.91. The van der Waals surface area contributed by atoms with Gasteiger partial charge >= 0.3 is 0 Å². The van der Waals surface area contributed by atoms with Gasteiger partial charge in [0, 0.05) is 34.4 Å². The third-order valence-corrected chi connectivity index (χ3v) is 6.55. The fraction of sp³-hybridized carbons (Fsp3) is 0.240. The molecule has 30 heavy (non-hydrogen) atoms. The van der Waals surface area contributed by atoms with E-state index in [4.69, 9.17) is 0 Å². The van der Waals surface area contributed by atoms with Crippen LogP contribution in [0.3, 0.4) is 0 Å². The molecule has 4 rings (SSSR count). The third-order valence-electron chi connectivity index (χ3n) is 5.56. The van der Waals surface area contributed by atoms with E-state index in [1.165, 1.54) is 15.8 Å². The Morgan fingerprint density at radius 1 is 1.00 bits per heavy atom. The monoisotopic (exact) mass is 417 g/mol. The van der Waals surface area contributed by atoms with E-state index in [-0.39, 0.29) is 23.9 Å². The van der Waals surface area contributed by atoms with Crippen LogP contribution in [-0.4, -0.2) is 23.5 Å². The van der Waals surface area contributed by atoms with Gasteiger partial charge in [0.05, 0.1) is 12.1 Å². The number of carbonyl (C=O) groups excluding carboxylic acids is 1. The highest BCUT2D eigenvalue weighted by atomic mass is 32.1. The van der Waals surface area contributed by atoms with Gasteiger partial charge in [-0.3, -0.25) is 4.79 Å². The number of nitrogens with one attached hydrogen (secondary N) is 3. The van der Waals surface area contributed by atoms with E-state index in [2.05, 4.69) is 57.5 Å². The number of H-pyrrole nitrogens is 1. The van der Waals surface area contributed by atoms with Gasteiger partial charge in [-0.2, -0.15) is 0 Å². The van der Waals surface area contributed by atoms with Crippen LogP contribution >= 0.6 is 11.3 Å².